The summed E-state index contributed by atoms with van der Waals surface area (Å²) in [6, 6.07) is 16.6. The third-order valence-electron chi connectivity index (χ3n) is 3.35. The summed E-state index contributed by atoms with van der Waals surface area (Å²) in [5.41, 5.74) is 5.64. The van der Waals surface area contributed by atoms with Gasteiger partial charge in [0, 0.05) is 18.3 Å². The van der Waals surface area contributed by atoms with Gasteiger partial charge in [0.25, 0.3) is 0 Å². The smallest absolute Gasteiger partial charge is 0.137 e. The Morgan fingerprint density at radius 2 is 1.80 bits per heavy atom. The first-order valence-electron chi connectivity index (χ1n) is 6.66. The average Bonchev–Trinajstić information content (AvgIpc) is 2.97. The van der Waals surface area contributed by atoms with Crippen molar-refractivity contribution in [3.8, 4) is 22.6 Å². The van der Waals surface area contributed by atoms with Gasteiger partial charge in [0.1, 0.15) is 5.82 Å². The first-order valence-corrected chi connectivity index (χ1v) is 6.66. The summed E-state index contributed by atoms with van der Waals surface area (Å²) in [5.74, 6) is 0.893. The third kappa shape index (κ3) is 2.43. The van der Waals surface area contributed by atoms with Gasteiger partial charge >= 0.3 is 0 Å². The van der Waals surface area contributed by atoms with Gasteiger partial charge in [0.15, 0.2) is 0 Å². The van der Waals surface area contributed by atoms with E-state index in [0.717, 1.165) is 28.3 Å². The molecule has 0 aliphatic carbocycles. The molecule has 3 nitrogen and oxygen atoms in total. The molecule has 0 radical (unpaired) electrons. The van der Waals surface area contributed by atoms with E-state index in [9.17, 15) is 0 Å². The van der Waals surface area contributed by atoms with Crippen molar-refractivity contribution in [3.63, 3.8) is 0 Å². The normalized spacial score (nSPS) is 10.5. The number of imidazole rings is 1. The van der Waals surface area contributed by atoms with E-state index >= 15 is 0 Å². The number of hydrogen-bond donors (Lipinski definition) is 2. The Labute approximate surface area is 118 Å². The summed E-state index contributed by atoms with van der Waals surface area (Å²) in [5, 5.41) is 3.11. The molecule has 0 saturated carbocycles. The Morgan fingerprint density at radius 1 is 1.00 bits per heavy atom. The van der Waals surface area contributed by atoms with Crippen LogP contribution in [-0.2, 0) is 0 Å². The summed E-state index contributed by atoms with van der Waals surface area (Å²) in [4.78, 5) is 7.85. The van der Waals surface area contributed by atoms with Gasteiger partial charge in [0.2, 0.25) is 0 Å². The lowest BCUT2D eigenvalue weighted by molar-refractivity contribution is 1.31. The molecule has 0 fully saturated rings. The minimum absolute atomic E-state index is 0.893. The van der Waals surface area contributed by atoms with E-state index in [1.165, 1.54) is 5.56 Å². The third-order valence-corrected chi connectivity index (χ3v) is 3.35. The fraction of sp³-hybridized carbons (Fsp3) is 0.118. The topological polar surface area (TPSA) is 40.7 Å². The molecule has 3 rings (SSSR count). The van der Waals surface area contributed by atoms with Crippen LogP contribution < -0.4 is 5.32 Å². The van der Waals surface area contributed by atoms with Crippen LogP contribution in [0.3, 0.4) is 0 Å². The number of benzene rings is 2. The van der Waals surface area contributed by atoms with Crippen molar-refractivity contribution in [2.45, 2.75) is 6.92 Å². The van der Waals surface area contributed by atoms with Gasteiger partial charge in [-0.3, -0.25) is 0 Å². The summed E-state index contributed by atoms with van der Waals surface area (Å²) in [7, 11) is 1.91. The van der Waals surface area contributed by atoms with E-state index in [1.807, 2.05) is 25.4 Å². The zero-order chi connectivity index (χ0) is 13.9. The molecule has 0 atom stereocenters. The van der Waals surface area contributed by atoms with Gasteiger partial charge in [0.05, 0.1) is 11.9 Å². The Morgan fingerprint density at radius 3 is 2.50 bits per heavy atom. The second kappa shape index (κ2) is 5.21. The molecule has 0 unspecified atom stereocenters. The first-order chi connectivity index (χ1) is 9.76. The minimum atomic E-state index is 0.893. The van der Waals surface area contributed by atoms with Crippen molar-refractivity contribution in [2.24, 2.45) is 0 Å². The SMILES string of the molecule is CNc1ccc(-c2ncc(-c3cccc(C)c3)[nH]2)cc1. The molecule has 0 aliphatic rings. The number of aromatic nitrogens is 2. The molecule has 1 aromatic heterocycles. The Kier molecular flexibility index (Phi) is 3.25. The van der Waals surface area contributed by atoms with Crippen LogP contribution in [0, 0.1) is 6.92 Å². The highest BCUT2D eigenvalue weighted by Gasteiger charge is 2.05. The van der Waals surface area contributed by atoms with Crippen molar-refractivity contribution >= 4 is 5.69 Å². The van der Waals surface area contributed by atoms with Crippen LogP contribution in [0.1, 0.15) is 5.56 Å². The van der Waals surface area contributed by atoms with Gasteiger partial charge in [-0.05, 0) is 42.8 Å². The van der Waals surface area contributed by atoms with Crippen molar-refractivity contribution in [1.29, 1.82) is 0 Å². The van der Waals surface area contributed by atoms with Crippen molar-refractivity contribution in [3.05, 3.63) is 60.3 Å². The molecule has 3 aromatic rings. The van der Waals surface area contributed by atoms with Crippen LogP contribution in [0.4, 0.5) is 5.69 Å². The van der Waals surface area contributed by atoms with Crippen molar-refractivity contribution in [1.82, 2.24) is 9.97 Å². The highest BCUT2D eigenvalue weighted by atomic mass is 14.9. The van der Waals surface area contributed by atoms with Crippen LogP contribution in [0.25, 0.3) is 22.6 Å². The van der Waals surface area contributed by atoms with Gasteiger partial charge in [-0.25, -0.2) is 4.98 Å². The number of anilines is 1. The van der Waals surface area contributed by atoms with Gasteiger partial charge in [-0.2, -0.15) is 0 Å². The lowest BCUT2D eigenvalue weighted by atomic mass is 10.1. The largest absolute Gasteiger partial charge is 0.388 e. The quantitative estimate of drug-likeness (QED) is 0.747. The number of hydrogen-bond acceptors (Lipinski definition) is 2. The van der Waals surface area contributed by atoms with Crippen LogP contribution in [0.2, 0.25) is 0 Å². The Hall–Kier alpha value is -2.55. The number of aromatic amines is 1. The second-order valence-corrected chi connectivity index (χ2v) is 4.84. The number of aryl methyl sites for hydroxylation is 1. The molecule has 100 valence electrons. The number of nitrogens with one attached hydrogen (secondary N) is 2. The van der Waals surface area contributed by atoms with E-state index in [2.05, 4.69) is 58.6 Å². The van der Waals surface area contributed by atoms with E-state index in [1.54, 1.807) is 0 Å². The molecule has 0 aliphatic heterocycles. The molecule has 0 spiro atoms. The lowest BCUT2D eigenvalue weighted by Crippen LogP contribution is -1.87. The standard InChI is InChI=1S/C17H17N3/c1-12-4-3-5-14(10-12)16-11-19-17(20-16)13-6-8-15(18-2)9-7-13/h3-11,18H,1-2H3,(H,19,20). The maximum atomic E-state index is 4.47. The monoisotopic (exact) mass is 263 g/mol. The van der Waals surface area contributed by atoms with Crippen LogP contribution >= 0.6 is 0 Å². The van der Waals surface area contributed by atoms with Crippen molar-refractivity contribution in [2.75, 3.05) is 12.4 Å². The van der Waals surface area contributed by atoms with Gasteiger partial charge < -0.3 is 10.3 Å². The fourth-order valence-electron chi connectivity index (χ4n) is 2.22. The molecule has 20 heavy (non-hydrogen) atoms. The molecular formula is C17H17N3. The van der Waals surface area contributed by atoms with Crippen LogP contribution in [0.15, 0.2) is 54.7 Å². The van der Waals surface area contributed by atoms with Crippen molar-refractivity contribution < 1.29 is 0 Å². The Bertz CT molecular complexity index is 711. The molecular weight excluding hydrogens is 246 g/mol. The number of nitrogens with zero attached hydrogens (tertiary/aromatic N) is 1. The highest BCUT2D eigenvalue weighted by Crippen LogP contribution is 2.23. The maximum absolute atomic E-state index is 4.47. The van der Waals surface area contributed by atoms with E-state index in [0.29, 0.717) is 0 Å². The number of rotatable bonds is 3. The van der Waals surface area contributed by atoms with E-state index in [-0.39, 0.29) is 0 Å². The van der Waals surface area contributed by atoms with Crippen LogP contribution in [0.5, 0.6) is 0 Å². The summed E-state index contributed by atoms with van der Waals surface area (Å²) in [6.07, 6.45) is 1.89. The zero-order valence-electron chi connectivity index (χ0n) is 11.6. The lowest BCUT2D eigenvalue weighted by Gasteiger charge is -2.01. The summed E-state index contributed by atoms with van der Waals surface area (Å²) in [6.45, 7) is 2.09. The maximum Gasteiger partial charge on any atom is 0.137 e. The Balaban J connectivity index is 1.93. The summed E-state index contributed by atoms with van der Waals surface area (Å²) >= 11 is 0. The highest BCUT2D eigenvalue weighted by molar-refractivity contribution is 5.66. The van der Waals surface area contributed by atoms with Gasteiger partial charge in [-0.1, -0.05) is 23.8 Å². The van der Waals surface area contributed by atoms with E-state index in [4.69, 9.17) is 0 Å². The second-order valence-electron chi connectivity index (χ2n) is 4.84. The fourth-order valence-corrected chi connectivity index (χ4v) is 2.22. The zero-order valence-corrected chi connectivity index (χ0v) is 11.6. The molecule has 0 bridgehead atoms. The molecule has 2 N–H and O–H groups in total. The predicted octanol–water partition coefficient (Wildman–Crippen LogP) is 4.09. The minimum Gasteiger partial charge on any atom is -0.388 e. The molecule has 0 saturated heterocycles. The predicted molar refractivity (Wildman–Crippen MR) is 83.7 cm³/mol. The van der Waals surface area contributed by atoms with Crippen LogP contribution in [-0.4, -0.2) is 17.0 Å². The molecule has 3 heteroatoms. The molecule has 1 heterocycles. The van der Waals surface area contributed by atoms with Gasteiger partial charge in [-0.15, -0.1) is 0 Å². The average molecular weight is 263 g/mol. The molecule has 0 amide bonds. The molecule has 2 aromatic carbocycles. The first kappa shape index (κ1) is 12.5. The number of H-pyrrole nitrogens is 1. The van der Waals surface area contributed by atoms with E-state index < -0.39 is 0 Å². The summed E-state index contributed by atoms with van der Waals surface area (Å²) < 4.78 is 0.